The number of rotatable bonds is 3. The van der Waals surface area contributed by atoms with Crippen molar-refractivity contribution in [3.05, 3.63) is 62.9 Å². The molecule has 6 nitrogen and oxygen atoms in total. The number of H-pyrrole nitrogens is 1. The summed E-state index contributed by atoms with van der Waals surface area (Å²) < 4.78 is 38.6. The fourth-order valence-electron chi connectivity index (χ4n) is 1.70. The Morgan fingerprint density at radius 2 is 1.95 bits per heavy atom. The van der Waals surface area contributed by atoms with Gasteiger partial charge in [0.15, 0.2) is 0 Å². The molecule has 0 aliphatic rings. The van der Waals surface area contributed by atoms with Crippen LogP contribution in [0.4, 0.5) is 18.9 Å². The molecule has 0 spiro atoms. The van der Waals surface area contributed by atoms with Gasteiger partial charge in [-0.25, -0.2) is 4.79 Å². The highest BCUT2D eigenvalue weighted by atomic mass is 19.4. The van der Waals surface area contributed by atoms with E-state index in [-0.39, 0.29) is 5.69 Å². The first-order valence-electron chi connectivity index (χ1n) is 6.02. The third-order valence-electron chi connectivity index (χ3n) is 2.68. The Labute approximate surface area is 121 Å². The quantitative estimate of drug-likeness (QED) is 0.893. The van der Waals surface area contributed by atoms with Gasteiger partial charge in [0.1, 0.15) is 6.54 Å². The number of nitrogens with one attached hydrogen (secondary N) is 2. The Hall–Kier alpha value is -2.84. The largest absolute Gasteiger partial charge is 0.416 e. The van der Waals surface area contributed by atoms with Gasteiger partial charge in [-0.2, -0.15) is 13.2 Å². The van der Waals surface area contributed by atoms with Crippen molar-refractivity contribution in [3.63, 3.8) is 0 Å². The van der Waals surface area contributed by atoms with E-state index in [1.807, 2.05) is 4.98 Å². The van der Waals surface area contributed by atoms with Crippen LogP contribution < -0.4 is 16.6 Å². The zero-order valence-corrected chi connectivity index (χ0v) is 11.0. The molecule has 1 amide bonds. The first kappa shape index (κ1) is 15.5. The number of nitrogens with zero attached hydrogens (tertiary/aromatic N) is 1. The molecule has 1 aromatic heterocycles. The summed E-state index contributed by atoms with van der Waals surface area (Å²) >= 11 is 0. The second-order valence-electron chi connectivity index (χ2n) is 4.36. The van der Waals surface area contributed by atoms with Gasteiger partial charge in [-0.05, 0) is 18.2 Å². The Morgan fingerprint density at radius 3 is 2.59 bits per heavy atom. The summed E-state index contributed by atoms with van der Waals surface area (Å²) in [6, 6.07) is 5.17. The van der Waals surface area contributed by atoms with Crippen molar-refractivity contribution in [3.8, 4) is 0 Å². The number of alkyl halides is 3. The summed E-state index contributed by atoms with van der Waals surface area (Å²) in [6.45, 7) is -0.439. The topological polar surface area (TPSA) is 84.0 Å². The van der Waals surface area contributed by atoms with E-state index in [1.165, 1.54) is 6.07 Å². The lowest BCUT2D eigenvalue weighted by atomic mass is 10.2. The Balaban J connectivity index is 2.12. The zero-order chi connectivity index (χ0) is 16.3. The molecule has 0 unspecified atom stereocenters. The molecule has 0 aliphatic heterocycles. The third-order valence-corrected chi connectivity index (χ3v) is 2.68. The van der Waals surface area contributed by atoms with Crippen molar-refractivity contribution in [2.24, 2.45) is 0 Å². The second kappa shape index (κ2) is 5.88. The maximum atomic E-state index is 12.6. The molecule has 2 rings (SSSR count). The van der Waals surface area contributed by atoms with E-state index in [9.17, 15) is 27.6 Å². The number of carbonyl (C=O) groups is 1. The monoisotopic (exact) mass is 313 g/mol. The highest BCUT2D eigenvalue weighted by Gasteiger charge is 2.30. The molecule has 2 aromatic rings. The molecule has 0 saturated carbocycles. The fraction of sp³-hybridized carbons (Fsp3) is 0.154. The van der Waals surface area contributed by atoms with Gasteiger partial charge >= 0.3 is 11.9 Å². The van der Waals surface area contributed by atoms with Crippen LogP contribution in [0.15, 0.2) is 46.1 Å². The Bertz CT molecular complexity index is 808. The number of carbonyl (C=O) groups excluding carboxylic acids is 1. The molecular weight excluding hydrogens is 303 g/mol. The highest BCUT2D eigenvalue weighted by Crippen LogP contribution is 2.30. The van der Waals surface area contributed by atoms with Crippen LogP contribution in [0.3, 0.4) is 0 Å². The van der Waals surface area contributed by atoms with Crippen LogP contribution in [0.25, 0.3) is 0 Å². The molecule has 2 N–H and O–H groups in total. The SMILES string of the molecule is O=C(Cn1ccc(=O)[nH]c1=O)Nc1cccc(C(F)(F)F)c1. The predicted molar refractivity (Wildman–Crippen MR) is 71.4 cm³/mol. The number of aromatic nitrogens is 2. The van der Waals surface area contributed by atoms with Crippen LogP contribution >= 0.6 is 0 Å². The molecule has 0 saturated heterocycles. The Kier molecular flexibility index (Phi) is 4.15. The molecule has 1 aromatic carbocycles. The van der Waals surface area contributed by atoms with Gasteiger partial charge in [0, 0.05) is 18.0 Å². The van der Waals surface area contributed by atoms with Gasteiger partial charge < -0.3 is 5.32 Å². The van der Waals surface area contributed by atoms with Crippen LogP contribution in [0.2, 0.25) is 0 Å². The second-order valence-corrected chi connectivity index (χ2v) is 4.36. The minimum atomic E-state index is -4.52. The number of amides is 1. The summed E-state index contributed by atoms with van der Waals surface area (Å²) in [4.78, 5) is 36.0. The summed E-state index contributed by atoms with van der Waals surface area (Å²) in [5, 5.41) is 2.25. The lowest BCUT2D eigenvalue weighted by Crippen LogP contribution is -2.32. The zero-order valence-electron chi connectivity index (χ0n) is 11.0. The number of benzene rings is 1. The molecule has 1 heterocycles. The third kappa shape index (κ3) is 3.84. The van der Waals surface area contributed by atoms with Gasteiger partial charge in [-0.3, -0.25) is 19.1 Å². The van der Waals surface area contributed by atoms with Gasteiger partial charge in [0.05, 0.1) is 5.56 Å². The molecule has 22 heavy (non-hydrogen) atoms. The normalized spacial score (nSPS) is 11.2. The van der Waals surface area contributed by atoms with Crippen LogP contribution in [-0.2, 0) is 17.5 Å². The molecule has 0 atom stereocenters. The van der Waals surface area contributed by atoms with Gasteiger partial charge in [0.25, 0.3) is 5.56 Å². The lowest BCUT2D eigenvalue weighted by molar-refractivity contribution is -0.137. The number of hydrogen-bond donors (Lipinski definition) is 2. The van der Waals surface area contributed by atoms with E-state index in [0.717, 1.165) is 35.0 Å². The molecule has 116 valence electrons. The number of halogens is 3. The molecule has 9 heteroatoms. The van der Waals surface area contributed by atoms with E-state index in [2.05, 4.69) is 5.32 Å². The van der Waals surface area contributed by atoms with Crippen LogP contribution in [0.5, 0.6) is 0 Å². The average Bonchev–Trinajstić information content (AvgIpc) is 2.41. The van der Waals surface area contributed by atoms with Gasteiger partial charge in [-0.15, -0.1) is 0 Å². The smallest absolute Gasteiger partial charge is 0.325 e. The minimum absolute atomic E-state index is 0.0442. The number of hydrogen-bond acceptors (Lipinski definition) is 3. The van der Waals surface area contributed by atoms with E-state index in [1.54, 1.807) is 0 Å². The minimum Gasteiger partial charge on any atom is -0.325 e. The molecule has 0 fully saturated rings. The molecule has 0 aliphatic carbocycles. The highest BCUT2D eigenvalue weighted by molar-refractivity contribution is 5.90. The maximum absolute atomic E-state index is 12.6. The van der Waals surface area contributed by atoms with Crippen molar-refractivity contribution in [2.75, 3.05) is 5.32 Å². The summed E-state index contributed by atoms with van der Waals surface area (Å²) in [6.07, 6.45) is -3.40. The molecule has 0 bridgehead atoms. The van der Waals surface area contributed by atoms with Crippen molar-refractivity contribution in [1.29, 1.82) is 0 Å². The summed E-state index contributed by atoms with van der Waals surface area (Å²) in [5.74, 6) is -0.700. The van der Waals surface area contributed by atoms with Crippen molar-refractivity contribution >= 4 is 11.6 Å². The molecule has 0 radical (unpaired) electrons. The van der Waals surface area contributed by atoms with Crippen LogP contribution in [-0.4, -0.2) is 15.5 Å². The first-order valence-corrected chi connectivity index (χ1v) is 6.02. The van der Waals surface area contributed by atoms with Crippen molar-refractivity contribution in [2.45, 2.75) is 12.7 Å². The van der Waals surface area contributed by atoms with Crippen LogP contribution in [0, 0.1) is 0 Å². The standard InChI is InChI=1S/C13H10F3N3O3/c14-13(15,16)8-2-1-3-9(6-8)17-11(21)7-19-5-4-10(20)18-12(19)22/h1-6H,7H2,(H,17,21)(H,18,20,22). The van der Waals surface area contributed by atoms with E-state index in [0.29, 0.717) is 0 Å². The van der Waals surface area contributed by atoms with E-state index < -0.39 is 35.4 Å². The Morgan fingerprint density at radius 1 is 1.23 bits per heavy atom. The summed E-state index contributed by atoms with van der Waals surface area (Å²) in [7, 11) is 0. The van der Waals surface area contributed by atoms with E-state index in [4.69, 9.17) is 0 Å². The van der Waals surface area contributed by atoms with Crippen molar-refractivity contribution in [1.82, 2.24) is 9.55 Å². The van der Waals surface area contributed by atoms with Gasteiger partial charge in [0.2, 0.25) is 5.91 Å². The first-order chi connectivity index (χ1) is 10.3. The lowest BCUT2D eigenvalue weighted by Gasteiger charge is -2.10. The summed E-state index contributed by atoms with van der Waals surface area (Å²) in [5.41, 5.74) is -2.34. The number of aromatic amines is 1. The van der Waals surface area contributed by atoms with E-state index >= 15 is 0 Å². The average molecular weight is 313 g/mol. The maximum Gasteiger partial charge on any atom is 0.416 e. The predicted octanol–water partition coefficient (Wildman–Crippen LogP) is 1.19. The van der Waals surface area contributed by atoms with Crippen LogP contribution in [0.1, 0.15) is 5.56 Å². The molecular formula is C13H10F3N3O3. The fourth-order valence-corrected chi connectivity index (χ4v) is 1.70. The van der Waals surface area contributed by atoms with Gasteiger partial charge in [-0.1, -0.05) is 6.07 Å². The van der Waals surface area contributed by atoms with Crippen molar-refractivity contribution < 1.29 is 18.0 Å². The number of anilines is 1.